The lowest BCUT2D eigenvalue weighted by Gasteiger charge is -2.14. The maximum atomic E-state index is 13.5. The van der Waals surface area contributed by atoms with Crippen LogP contribution in [0.2, 0.25) is 0 Å². The zero-order chi connectivity index (χ0) is 13.1. The van der Waals surface area contributed by atoms with Crippen LogP contribution >= 0.6 is 0 Å². The highest BCUT2D eigenvalue weighted by Crippen LogP contribution is 2.26. The van der Waals surface area contributed by atoms with Crippen molar-refractivity contribution in [3.63, 3.8) is 0 Å². The summed E-state index contributed by atoms with van der Waals surface area (Å²) in [6.07, 6.45) is -5.02. The Morgan fingerprint density at radius 2 is 1.94 bits per heavy atom. The quantitative estimate of drug-likeness (QED) is 0.805. The van der Waals surface area contributed by atoms with Gasteiger partial charge in [-0.15, -0.1) is 0 Å². The molecule has 0 saturated carbocycles. The van der Waals surface area contributed by atoms with Gasteiger partial charge in [0.15, 0.2) is 0 Å². The predicted molar refractivity (Wildman–Crippen MR) is 58.0 cm³/mol. The number of rotatable bonds is 4. The molecule has 5 heteroatoms. The number of hydrogen-bond acceptors (Lipinski definition) is 1. The molecule has 0 aliphatic heterocycles. The molecule has 0 heterocycles. The van der Waals surface area contributed by atoms with Gasteiger partial charge in [0, 0.05) is 18.0 Å². The first-order chi connectivity index (χ1) is 7.79. The molecule has 0 aliphatic rings. The average Bonchev–Trinajstić information content (AvgIpc) is 2.15. The normalized spacial score (nSPS) is 13.8. The molecule has 2 N–H and O–H groups in total. The van der Waals surface area contributed by atoms with Gasteiger partial charge < -0.3 is 5.73 Å². The number of aryl methyl sites for hydroxylation is 1. The van der Waals surface area contributed by atoms with Crippen molar-refractivity contribution in [3.8, 4) is 0 Å². The van der Waals surface area contributed by atoms with Gasteiger partial charge in [-0.2, -0.15) is 13.2 Å². The summed E-state index contributed by atoms with van der Waals surface area (Å²) in [5.74, 6) is -0.454. The maximum absolute atomic E-state index is 13.5. The zero-order valence-corrected chi connectivity index (χ0v) is 9.52. The molecule has 17 heavy (non-hydrogen) atoms. The van der Waals surface area contributed by atoms with E-state index in [4.69, 9.17) is 5.73 Å². The van der Waals surface area contributed by atoms with Crippen molar-refractivity contribution in [3.05, 3.63) is 35.1 Å². The second kappa shape index (κ2) is 5.49. The highest BCUT2D eigenvalue weighted by molar-refractivity contribution is 5.25. The smallest absolute Gasteiger partial charge is 0.324 e. The van der Waals surface area contributed by atoms with E-state index >= 15 is 0 Å². The Morgan fingerprint density at radius 1 is 1.29 bits per heavy atom. The predicted octanol–water partition coefficient (Wildman–Crippen LogP) is 3.87. The van der Waals surface area contributed by atoms with E-state index in [0.29, 0.717) is 0 Å². The standard InChI is InChI=1S/C12H15F4N/c1-8-4-5-9(10(13)7-8)11(17)3-2-6-12(14,15)16/h4-5,7,11H,2-3,6,17H2,1H3. The van der Waals surface area contributed by atoms with E-state index in [1.165, 1.54) is 12.1 Å². The van der Waals surface area contributed by atoms with Crippen molar-refractivity contribution in [2.75, 3.05) is 0 Å². The number of hydrogen-bond donors (Lipinski definition) is 1. The van der Waals surface area contributed by atoms with Gasteiger partial charge in [0.25, 0.3) is 0 Å². The Labute approximate surface area is 97.6 Å². The van der Waals surface area contributed by atoms with Crippen LogP contribution in [0.5, 0.6) is 0 Å². The minimum atomic E-state index is -4.18. The molecule has 0 amide bonds. The molecule has 0 aromatic heterocycles. The second-order valence-corrected chi connectivity index (χ2v) is 4.14. The molecule has 1 unspecified atom stereocenters. The molecular weight excluding hydrogens is 234 g/mol. The molecule has 1 aromatic carbocycles. The van der Waals surface area contributed by atoms with Crippen molar-refractivity contribution >= 4 is 0 Å². The molecule has 1 rings (SSSR count). The van der Waals surface area contributed by atoms with Crippen LogP contribution in [0.3, 0.4) is 0 Å². The average molecular weight is 249 g/mol. The molecule has 0 bridgehead atoms. The Bertz CT molecular complexity index is 373. The Morgan fingerprint density at radius 3 is 2.47 bits per heavy atom. The molecular formula is C12H15F4N. The van der Waals surface area contributed by atoms with E-state index in [2.05, 4.69) is 0 Å². The van der Waals surface area contributed by atoms with Gasteiger partial charge in [-0.3, -0.25) is 0 Å². The third-order valence-electron chi connectivity index (χ3n) is 2.53. The summed E-state index contributed by atoms with van der Waals surface area (Å²) in [4.78, 5) is 0. The highest BCUT2D eigenvalue weighted by atomic mass is 19.4. The summed E-state index contributed by atoms with van der Waals surface area (Å²) in [7, 11) is 0. The lowest BCUT2D eigenvalue weighted by Crippen LogP contribution is -2.14. The topological polar surface area (TPSA) is 26.0 Å². The van der Waals surface area contributed by atoms with E-state index in [0.717, 1.165) is 5.56 Å². The van der Waals surface area contributed by atoms with E-state index in [1.54, 1.807) is 13.0 Å². The van der Waals surface area contributed by atoms with Crippen molar-refractivity contribution in [2.24, 2.45) is 5.73 Å². The third kappa shape index (κ3) is 4.73. The monoisotopic (exact) mass is 249 g/mol. The van der Waals surface area contributed by atoms with Crippen molar-refractivity contribution in [1.29, 1.82) is 0 Å². The summed E-state index contributed by atoms with van der Waals surface area (Å²) in [6.45, 7) is 1.74. The molecule has 0 radical (unpaired) electrons. The Hall–Kier alpha value is -1.10. The van der Waals surface area contributed by atoms with Crippen LogP contribution in [0, 0.1) is 12.7 Å². The maximum Gasteiger partial charge on any atom is 0.389 e. The van der Waals surface area contributed by atoms with Gasteiger partial charge in [0.1, 0.15) is 5.82 Å². The molecule has 1 atom stereocenters. The van der Waals surface area contributed by atoms with Crippen LogP contribution < -0.4 is 5.73 Å². The summed E-state index contributed by atoms with van der Waals surface area (Å²) in [6, 6.07) is 3.88. The fourth-order valence-corrected chi connectivity index (χ4v) is 1.61. The molecule has 0 aliphatic carbocycles. The Balaban J connectivity index is 2.55. The van der Waals surface area contributed by atoms with Gasteiger partial charge in [-0.25, -0.2) is 4.39 Å². The van der Waals surface area contributed by atoms with Crippen molar-refractivity contribution in [1.82, 2.24) is 0 Å². The lowest BCUT2D eigenvalue weighted by molar-refractivity contribution is -0.135. The van der Waals surface area contributed by atoms with Crippen LogP contribution in [-0.4, -0.2) is 6.18 Å². The fraction of sp³-hybridized carbons (Fsp3) is 0.500. The van der Waals surface area contributed by atoms with Crippen LogP contribution in [0.4, 0.5) is 17.6 Å². The molecule has 0 fully saturated rings. The van der Waals surface area contributed by atoms with E-state index in [1.807, 2.05) is 0 Å². The third-order valence-corrected chi connectivity index (χ3v) is 2.53. The summed E-state index contributed by atoms with van der Waals surface area (Å²) >= 11 is 0. The summed E-state index contributed by atoms with van der Waals surface area (Å²) in [5, 5.41) is 0. The van der Waals surface area contributed by atoms with Crippen LogP contribution in [0.15, 0.2) is 18.2 Å². The van der Waals surface area contributed by atoms with Gasteiger partial charge in [-0.05, 0) is 31.4 Å². The number of halogens is 4. The lowest BCUT2D eigenvalue weighted by atomic mass is 10.00. The zero-order valence-electron chi connectivity index (χ0n) is 9.52. The first kappa shape index (κ1) is 14.0. The molecule has 1 nitrogen and oxygen atoms in total. The Kier molecular flexibility index (Phi) is 4.51. The van der Waals surface area contributed by atoms with Crippen molar-refractivity contribution in [2.45, 2.75) is 38.4 Å². The second-order valence-electron chi connectivity index (χ2n) is 4.14. The minimum absolute atomic E-state index is 0.0853. The van der Waals surface area contributed by atoms with Crippen LogP contribution in [0.1, 0.15) is 36.4 Å². The van der Waals surface area contributed by atoms with Crippen LogP contribution in [-0.2, 0) is 0 Å². The number of alkyl halides is 3. The van der Waals surface area contributed by atoms with Crippen LogP contribution in [0.25, 0.3) is 0 Å². The molecule has 0 saturated heterocycles. The minimum Gasteiger partial charge on any atom is -0.324 e. The van der Waals surface area contributed by atoms with Gasteiger partial charge in [0.2, 0.25) is 0 Å². The van der Waals surface area contributed by atoms with Crippen molar-refractivity contribution < 1.29 is 17.6 Å². The van der Waals surface area contributed by atoms with E-state index in [9.17, 15) is 17.6 Å². The van der Waals surface area contributed by atoms with Gasteiger partial charge in [-0.1, -0.05) is 12.1 Å². The first-order valence-corrected chi connectivity index (χ1v) is 5.38. The van der Waals surface area contributed by atoms with Gasteiger partial charge >= 0.3 is 6.18 Å². The SMILES string of the molecule is Cc1ccc(C(N)CCCC(F)(F)F)c(F)c1. The molecule has 96 valence electrons. The number of benzene rings is 1. The first-order valence-electron chi connectivity index (χ1n) is 5.38. The fourth-order valence-electron chi connectivity index (χ4n) is 1.61. The molecule has 1 aromatic rings. The van der Waals surface area contributed by atoms with E-state index in [-0.39, 0.29) is 18.4 Å². The largest absolute Gasteiger partial charge is 0.389 e. The molecule has 0 spiro atoms. The van der Waals surface area contributed by atoms with E-state index < -0.39 is 24.5 Å². The number of nitrogens with two attached hydrogens (primary N) is 1. The van der Waals surface area contributed by atoms with Gasteiger partial charge in [0.05, 0.1) is 0 Å². The highest BCUT2D eigenvalue weighted by Gasteiger charge is 2.26. The summed E-state index contributed by atoms with van der Waals surface area (Å²) < 4.78 is 49.2. The summed E-state index contributed by atoms with van der Waals surface area (Å²) in [5.41, 5.74) is 6.70.